The van der Waals surface area contributed by atoms with Crippen molar-refractivity contribution in [1.82, 2.24) is 0 Å². The van der Waals surface area contributed by atoms with Crippen LogP contribution in [0.2, 0.25) is 5.02 Å². The standard InChI is InChI=1S/C13H14ClNO3/c1-3-4-13(17)18-8-12(16)15-11-6-5-9(2)7-10(11)14/h3-7H,8H2,1-2H3,(H,15,16)/b4-3+. The van der Waals surface area contributed by atoms with Crippen molar-refractivity contribution < 1.29 is 14.3 Å². The normalized spacial score (nSPS) is 10.4. The summed E-state index contributed by atoms with van der Waals surface area (Å²) in [6, 6.07) is 5.26. The summed E-state index contributed by atoms with van der Waals surface area (Å²) < 4.78 is 4.70. The van der Waals surface area contributed by atoms with Crippen LogP contribution in [0.3, 0.4) is 0 Å². The topological polar surface area (TPSA) is 55.4 Å². The first-order chi connectivity index (χ1) is 8.52. The Balaban J connectivity index is 2.52. The molecule has 5 heteroatoms. The zero-order valence-corrected chi connectivity index (χ0v) is 11.0. The van der Waals surface area contributed by atoms with Gasteiger partial charge in [-0.2, -0.15) is 0 Å². The van der Waals surface area contributed by atoms with Crippen molar-refractivity contribution in [2.24, 2.45) is 0 Å². The molecule has 1 amide bonds. The molecule has 18 heavy (non-hydrogen) atoms. The second-order valence-electron chi connectivity index (χ2n) is 3.64. The summed E-state index contributed by atoms with van der Waals surface area (Å²) in [5.74, 6) is -0.985. The van der Waals surface area contributed by atoms with Gasteiger partial charge in [0.15, 0.2) is 6.61 Å². The summed E-state index contributed by atoms with van der Waals surface area (Å²) in [5.41, 5.74) is 1.49. The average Bonchev–Trinajstić information content (AvgIpc) is 2.31. The van der Waals surface area contributed by atoms with Gasteiger partial charge in [0.2, 0.25) is 0 Å². The van der Waals surface area contributed by atoms with Gasteiger partial charge in [-0.1, -0.05) is 23.7 Å². The summed E-state index contributed by atoms with van der Waals surface area (Å²) in [6.45, 7) is 3.25. The third-order valence-electron chi connectivity index (χ3n) is 2.05. The lowest BCUT2D eigenvalue weighted by Gasteiger charge is -2.07. The Bertz CT molecular complexity index is 483. The van der Waals surface area contributed by atoms with Crippen LogP contribution < -0.4 is 5.32 Å². The second kappa shape index (κ2) is 6.81. The molecule has 0 saturated heterocycles. The molecule has 1 aromatic rings. The molecule has 0 fully saturated rings. The molecule has 0 heterocycles. The summed E-state index contributed by atoms with van der Waals surface area (Å²) in [6.07, 6.45) is 2.78. The highest BCUT2D eigenvalue weighted by molar-refractivity contribution is 6.33. The van der Waals surface area contributed by atoms with Crippen molar-refractivity contribution in [3.05, 3.63) is 40.9 Å². The van der Waals surface area contributed by atoms with E-state index in [0.717, 1.165) is 5.56 Å². The van der Waals surface area contributed by atoms with Gasteiger partial charge in [-0.3, -0.25) is 4.79 Å². The second-order valence-corrected chi connectivity index (χ2v) is 4.05. The van der Waals surface area contributed by atoms with Crippen LogP contribution in [0.4, 0.5) is 5.69 Å². The molecule has 1 aromatic carbocycles. The van der Waals surface area contributed by atoms with Gasteiger partial charge in [-0.05, 0) is 31.5 Å². The van der Waals surface area contributed by atoms with Crippen LogP contribution in [-0.4, -0.2) is 18.5 Å². The number of halogens is 1. The Labute approximate surface area is 111 Å². The van der Waals surface area contributed by atoms with E-state index in [2.05, 4.69) is 5.32 Å². The fourth-order valence-electron chi connectivity index (χ4n) is 1.23. The Morgan fingerprint density at radius 3 is 2.78 bits per heavy atom. The molecular weight excluding hydrogens is 254 g/mol. The zero-order chi connectivity index (χ0) is 13.5. The first-order valence-electron chi connectivity index (χ1n) is 5.38. The molecule has 0 bridgehead atoms. The fraction of sp³-hybridized carbons (Fsp3) is 0.231. The monoisotopic (exact) mass is 267 g/mol. The number of nitrogens with one attached hydrogen (secondary N) is 1. The van der Waals surface area contributed by atoms with Gasteiger partial charge in [0.1, 0.15) is 0 Å². The van der Waals surface area contributed by atoms with Crippen molar-refractivity contribution in [3.8, 4) is 0 Å². The number of aryl methyl sites for hydroxylation is 1. The fourth-order valence-corrected chi connectivity index (χ4v) is 1.51. The largest absolute Gasteiger partial charge is 0.452 e. The Morgan fingerprint density at radius 2 is 2.17 bits per heavy atom. The number of carbonyl (C=O) groups is 2. The summed E-state index contributed by atoms with van der Waals surface area (Å²) in [4.78, 5) is 22.5. The van der Waals surface area contributed by atoms with Crippen LogP contribution in [0.1, 0.15) is 12.5 Å². The summed E-state index contributed by atoms with van der Waals surface area (Å²) in [5, 5.41) is 3.01. The quantitative estimate of drug-likeness (QED) is 0.674. The van der Waals surface area contributed by atoms with E-state index in [-0.39, 0.29) is 6.61 Å². The van der Waals surface area contributed by atoms with Crippen LogP contribution >= 0.6 is 11.6 Å². The van der Waals surface area contributed by atoms with Crippen LogP contribution in [-0.2, 0) is 14.3 Å². The average molecular weight is 268 g/mol. The van der Waals surface area contributed by atoms with E-state index in [9.17, 15) is 9.59 Å². The molecule has 0 spiro atoms. The number of hydrogen-bond acceptors (Lipinski definition) is 3. The van der Waals surface area contributed by atoms with Crippen LogP contribution in [0, 0.1) is 6.92 Å². The molecule has 0 saturated carbocycles. The molecule has 4 nitrogen and oxygen atoms in total. The predicted molar refractivity (Wildman–Crippen MR) is 70.6 cm³/mol. The number of anilines is 1. The highest BCUT2D eigenvalue weighted by atomic mass is 35.5. The molecule has 0 aliphatic heterocycles. The third kappa shape index (κ3) is 4.59. The maximum absolute atomic E-state index is 11.5. The number of esters is 1. The van der Waals surface area contributed by atoms with Crippen LogP contribution in [0.25, 0.3) is 0 Å². The number of carbonyl (C=O) groups excluding carboxylic acids is 2. The lowest BCUT2D eigenvalue weighted by Crippen LogP contribution is -2.20. The van der Waals surface area contributed by atoms with E-state index < -0.39 is 11.9 Å². The number of hydrogen-bond donors (Lipinski definition) is 1. The van der Waals surface area contributed by atoms with Gasteiger partial charge < -0.3 is 10.1 Å². The van der Waals surface area contributed by atoms with Gasteiger partial charge in [0.25, 0.3) is 5.91 Å². The molecule has 0 unspecified atom stereocenters. The van der Waals surface area contributed by atoms with E-state index in [1.54, 1.807) is 19.1 Å². The van der Waals surface area contributed by atoms with E-state index in [0.29, 0.717) is 10.7 Å². The minimum absolute atomic E-state index is 0.340. The van der Waals surface area contributed by atoms with Gasteiger partial charge in [-0.15, -0.1) is 0 Å². The highest BCUT2D eigenvalue weighted by Crippen LogP contribution is 2.22. The number of amides is 1. The Kier molecular flexibility index (Phi) is 5.39. The molecule has 96 valence electrons. The molecular formula is C13H14ClNO3. The Hall–Kier alpha value is -1.81. The van der Waals surface area contributed by atoms with Gasteiger partial charge >= 0.3 is 5.97 Å². The SMILES string of the molecule is C/C=C/C(=O)OCC(=O)Nc1ccc(C)cc1Cl. The van der Waals surface area contributed by atoms with E-state index >= 15 is 0 Å². The van der Waals surface area contributed by atoms with E-state index in [1.165, 1.54) is 12.2 Å². The van der Waals surface area contributed by atoms with Gasteiger partial charge in [-0.25, -0.2) is 4.79 Å². The predicted octanol–water partition coefficient (Wildman–Crippen LogP) is 2.71. The molecule has 1 N–H and O–H groups in total. The molecule has 0 aliphatic rings. The van der Waals surface area contributed by atoms with Crippen molar-refractivity contribution in [1.29, 1.82) is 0 Å². The lowest BCUT2D eigenvalue weighted by atomic mass is 10.2. The van der Waals surface area contributed by atoms with E-state index in [1.807, 2.05) is 13.0 Å². The molecule has 0 aliphatic carbocycles. The number of allylic oxidation sites excluding steroid dienone is 1. The minimum atomic E-state index is -0.553. The van der Waals surface area contributed by atoms with Crippen molar-refractivity contribution in [2.75, 3.05) is 11.9 Å². The molecule has 0 radical (unpaired) electrons. The van der Waals surface area contributed by atoms with Crippen molar-refractivity contribution in [2.45, 2.75) is 13.8 Å². The number of rotatable bonds is 4. The van der Waals surface area contributed by atoms with Gasteiger partial charge in [0.05, 0.1) is 10.7 Å². The van der Waals surface area contributed by atoms with Gasteiger partial charge in [0, 0.05) is 6.08 Å². The lowest BCUT2D eigenvalue weighted by molar-refractivity contribution is -0.142. The van der Waals surface area contributed by atoms with Crippen LogP contribution in [0.5, 0.6) is 0 Å². The molecule has 0 aromatic heterocycles. The van der Waals surface area contributed by atoms with E-state index in [4.69, 9.17) is 16.3 Å². The smallest absolute Gasteiger partial charge is 0.330 e. The maximum atomic E-state index is 11.5. The Morgan fingerprint density at radius 1 is 1.44 bits per heavy atom. The van der Waals surface area contributed by atoms with Crippen molar-refractivity contribution >= 4 is 29.2 Å². The number of benzene rings is 1. The van der Waals surface area contributed by atoms with Crippen LogP contribution in [0.15, 0.2) is 30.4 Å². The first kappa shape index (κ1) is 14.3. The zero-order valence-electron chi connectivity index (χ0n) is 10.2. The molecule has 0 atom stereocenters. The summed E-state index contributed by atoms with van der Waals surface area (Å²) >= 11 is 5.95. The first-order valence-corrected chi connectivity index (χ1v) is 5.76. The highest BCUT2D eigenvalue weighted by Gasteiger charge is 2.07. The maximum Gasteiger partial charge on any atom is 0.330 e. The number of ether oxygens (including phenoxy) is 1. The summed E-state index contributed by atoms with van der Waals surface area (Å²) in [7, 11) is 0. The minimum Gasteiger partial charge on any atom is -0.452 e. The third-order valence-corrected chi connectivity index (χ3v) is 2.36. The van der Waals surface area contributed by atoms with Crippen molar-refractivity contribution in [3.63, 3.8) is 0 Å². The molecule has 1 rings (SSSR count).